The zero-order valence-corrected chi connectivity index (χ0v) is 48.9. The lowest BCUT2D eigenvalue weighted by Gasteiger charge is -2.19. The highest BCUT2D eigenvalue weighted by Crippen LogP contribution is 2.38. The van der Waals surface area contributed by atoms with Crippen LogP contribution in [0.4, 0.5) is 0 Å². The van der Waals surface area contributed by atoms with Gasteiger partial charge in [-0.3, -0.25) is 19.2 Å². The molecule has 2 heterocycles. The molecule has 428 valence electrons. The Morgan fingerprint density at radius 1 is 0.488 bits per heavy atom. The number of aliphatic carboxylic acids is 1. The number of carboxylic acid groups (broad SMARTS) is 1. The quantitative estimate of drug-likeness (QED) is 0.0689. The number of nitrogens with one attached hydrogen (secondary N) is 2. The Kier molecular flexibility index (Phi) is 18.8. The van der Waals surface area contributed by atoms with Gasteiger partial charge in [0.2, 0.25) is 0 Å². The van der Waals surface area contributed by atoms with Crippen molar-refractivity contribution in [3.05, 3.63) is 201 Å². The van der Waals surface area contributed by atoms with Gasteiger partial charge in [-0.15, -0.1) is 0 Å². The fourth-order valence-corrected chi connectivity index (χ4v) is 9.66. The first kappa shape index (κ1) is 59.6. The SMILES string of the molecule is COc1ccc2cc(-c3nn(-c4cc(Cl)cc(Cl)c4)cc3Oc3ccc(C(=O)NCCC(=O)O)cc3)ccc2c1.COc1ccc2cc(-c3nn(-c4cc(Cl)cc(Cl)c4)cc3Oc3ccc(C(=O)NCCC(=O)OC(C)(C)C)cc3)ccc2c1. The molecule has 0 aliphatic heterocycles. The Morgan fingerprint density at radius 2 is 0.857 bits per heavy atom. The van der Waals surface area contributed by atoms with Crippen LogP contribution >= 0.6 is 46.4 Å². The highest BCUT2D eigenvalue weighted by molar-refractivity contribution is 6.35. The second-order valence-electron chi connectivity index (χ2n) is 19.9. The van der Waals surface area contributed by atoms with Crippen molar-refractivity contribution in [3.8, 4) is 68.4 Å². The molecule has 16 nitrogen and oxygen atoms in total. The summed E-state index contributed by atoms with van der Waals surface area (Å²) in [5.74, 6) is 1.47. The molecule has 0 radical (unpaired) electrons. The number of carbonyl (C=O) groups excluding carboxylic acids is 3. The van der Waals surface area contributed by atoms with Crippen molar-refractivity contribution in [2.45, 2.75) is 39.2 Å². The molecule has 2 amide bonds. The van der Waals surface area contributed by atoms with Crippen LogP contribution in [0.5, 0.6) is 34.5 Å². The van der Waals surface area contributed by atoms with E-state index in [0.717, 1.165) is 44.2 Å². The van der Waals surface area contributed by atoms with Crippen LogP contribution in [0.15, 0.2) is 170 Å². The van der Waals surface area contributed by atoms with E-state index in [0.29, 0.717) is 77.0 Å². The molecule has 3 N–H and O–H groups in total. The molecule has 0 bridgehead atoms. The third kappa shape index (κ3) is 15.5. The minimum atomic E-state index is -0.980. The molecule has 0 saturated heterocycles. The van der Waals surface area contributed by atoms with Crippen molar-refractivity contribution in [1.82, 2.24) is 30.2 Å². The zero-order chi connectivity index (χ0) is 59.7. The van der Waals surface area contributed by atoms with Gasteiger partial charge in [0.15, 0.2) is 11.5 Å². The second-order valence-corrected chi connectivity index (χ2v) is 21.7. The Balaban J connectivity index is 0.000000202. The molecular formula is C64H54Cl4N6O10. The molecule has 0 fully saturated rings. The van der Waals surface area contributed by atoms with Gasteiger partial charge in [0.1, 0.15) is 40.0 Å². The number of aromatic nitrogens is 4. The Labute approximate surface area is 503 Å². The first-order chi connectivity index (χ1) is 40.3. The zero-order valence-electron chi connectivity index (χ0n) is 45.9. The normalized spacial score (nSPS) is 11.1. The fourth-order valence-electron chi connectivity index (χ4n) is 8.63. The Bertz CT molecular complexity index is 4030. The summed E-state index contributed by atoms with van der Waals surface area (Å²) >= 11 is 25.0. The van der Waals surface area contributed by atoms with Gasteiger partial charge in [-0.25, -0.2) is 9.36 Å². The molecule has 10 rings (SSSR count). The number of hydrogen-bond donors (Lipinski definition) is 3. The number of methoxy groups -OCH3 is 2. The lowest BCUT2D eigenvalue weighted by Crippen LogP contribution is -2.29. The van der Waals surface area contributed by atoms with E-state index in [1.165, 1.54) is 0 Å². The third-order valence-electron chi connectivity index (χ3n) is 12.6. The summed E-state index contributed by atoms with van der Waals surface area (Å²) in [6, 6.07) is 47.2. The topological polar surface area (TPSA) is 194 Å². The number of carbonyl (C=O) groups is 4. The standard InChI is InChI=1S/C34H31Cl2N3O5.C30H23Cl2N3O5/c1-34(2,3)44-31(40)13-14-37-33(41)21-7-10-28(11-8-21)43-30-20-39(27-18-25(35)17-26(36)19-27)38-32(30)24-6-5-23-16-29(42-4)12-9-22(23)15-24;1-39-26-9-6-19-12-21(3-2-20(19)13-26)29-27(17-35(34-29)24-15-22(31)14-23(32)16-24)40-25-7-4-18(5-8-25)30(38)33-11-10-28(36)37/h5-12,15-20H,13-14H2,1-4H3,(H,37,41);2-9,12-17H,10-11H2,1H3,(H,33,38)(H,36,37). The summed E-state index contributed by atoms with van der Waals surface area (Å²) in [6.07, 6.45) is 3.42. The van der Waals surface area contributed by atoms with Crippen LogP contribution in [0.2, 0.25) is 20.1 Å². The summed E-state index contributed by atoms with van der Waals surface area (Å²) in [5, 5.41) is 29.7. The van der Waals surface area contributed by atoms with Gasteiger partial charge in [-0.05, 0) is 164 Å². The Morgan fingerprint density at radius 3 is 1.24 bits per heavy atom. The number of rotatable bonds is 18. The van der Waals surface area contributed by atoms with E-state index < -0.39 is 11.6 Å². The predicted octanol–water partition coefficient (Wildman–Crippen LogP) is 15.3. The summed E-state index contributed by atoms with van der Waals surface area (Å²) in [6.45, 7) is 5.61. The van der Waals surface area contributed by atoms with E-state index in [9.17, 15) is 19.2 Å². The third-order valence-corrected chi connectivity index (χ3v) is 13.4. The maximum atomic E-state index is 12.6. The van der Waals surface area contributed by atoms with Crippen LogP contribution < -0.4 is 29.6 Å². The number of esters is 1. The van der Waals surface area contributed by atoms with Gasteiger partial charge in [0.05, 0.1) is 50.8 Å². The van der Waals surface area contributed by atoms with Crippen molar-refractivity contribution in [2.75, 3.05) is 27.3 Å². The van der Waals surface area contributed by atoms with Crippen molar-refractivity contribution in [1.29, 1.82) is 0 Å². The number of carboxylic acids is 1. The molecule has 10 aromatic rings. The maximum absolute atomic E-state index is 12.6. The summed E-state index contributed by atoms with van der Waals surface area (Å²) in [5.41, 5.74) is 4.42. The highest BCUT2D eigenvalue weighted by Gasteiger charge is 2.20. The smallest absolute Gasteiger partial charge is 0.308 e. The molecule has 0 unspecified atom stereocenters. The molecule has 2 aromatic heterocycles. The first-order valence-electron chi connectivity index (χ1n) is 26.1. The molecule has 0 aliphatic rings. The first-order valence-corrected chi connectivity index (χ1v) is 27.6. The van der Waals surface area contributed by atoms with Crippen LogP contribution in [0.1, 0.15) is 54.3 Å². The largest absolute Gasteiger partial charge is 0.497 e. The molecule has 0 atom stereocenters. The van der Waals surface area contributed by atoms with Crippen molar-refractivity contribution in [3.63, 3.8) is 0 Å². The Hall–Kier alpha value is -9.06. The van der Waals surface area contributed by atoms with Gasteiger partial charge in [0.25, 0.3) is 11.8 Å². The second kappa shape index (κ2) is 26.5. The monoisotopic (exact) mass is 1210 g/mol. The number of benzene rings is 8. The van der Waals surface area contributed by atoms with E-state index in [2.05, 4.69) is 10.6 Å². The van der Waals surface area contributed by atoms with Gasteiger partial charge >= 0.3 is 11.9 Å². The van der Waals surface area contributed by atoms with Crippen LogP contribution in [-0.2, 0) is 14.3 Å². The van der Waals surface area contributed by atoms with E-state index in [-0.39, 0.29) is 43.7 Å². The van der Waals surface area contributed by atoms with Crippen LogP contribution in [0.3, 0.4) is 0 Å². The van der Waals surface area contributed by atoms with Crippen molar-refractivity contribution < 1.29 is 48.0 Å². The van der Waals surface area contributed by atoms with E-state index in [4.69, 9.17) is 85.4 Å². The lowest BCUT2D eigenvalue weighted by molar-refractivity contribution is -0.154. The van der Waals surface area contributed by atoms with E-state index in [1.807, 2.05) is 72.8 Å². The molecule has 20 heteroatoms. The molecular weight excluding hydrogens is 1150 g/mol. The van der Waals surface area contributed by atoms with Crippen LogP contribution in [0, 0.1) is 0 Å². The molecule has 8 aromatic carbocycles. The van der Waals surface area contributed by atoms with Crippen LogP contribution in [0.25, 0.3) is 55.4 Å². The van der Waals surface area contributed by atoms with Gasteiger partial charge in [0, 0.05) is 55.4 Å². The molecule has 0 aliphatic carbocycles. The number of nitrogens with zero attached hydrogens (tertiary/aromatic N) is 4. The average Bonchev–Trinajstić information content (AvgIpc) is 3.33. The summed E-state index contributed by atoms with van der Waals surface area (Å²) in [7, 11) is 3.27. The van der Waals surface area contributed by atoms with Gasteiger partial charge in [-0.1, -0.05) is 82.8 Å². The van der Waals surface area contributed by atoms with Crippen molar-refractivity contribution >= 4 is 91.7 Å². The lowest BCUT2D eigenvalue weighted by atomic mass is 10.0. The minimum absolute atomic E-state index is 0.0427. The van der Waals surface area contributed by atoms with Crippen molar-refractivity contribution in [2.24, 2.45) is 0 Å². The summed E-state index contributed by atoms with van der Waals surface area (Å²) < 4.78 is 31.8. The van der Waals surface area contributed by atoms with Crippen LogP contribution in [-0.4, -0.2) is 81.3 Å². The predicted molar refractivity (Wildman–Crippen MR) is 327 cm³/mol. The molecule has 0 saturated carbocycles. The minimum Gasteiger partial charge on any atom is -0.497 e. The van der Waals surface area contributed by atoms with E-state index in [1.54, 1.807) is 142 Å². The molecule has 84 heavy (non-hydrogen) atoms. The maximum Gasteiger partial charge on any atom is 0.308 e. The van der Waals surface area contributed by atoms with Gasteiger partial charge in [-0.2, -0.15) is 10.2 Å². The number of fused-ring (bicyclic) bond motifs is 2. The number of amides is 2. The van der Waals surface area contributed by atoms with Gasteiger partial charge < -0.3 is 39.4 Å². The number of ether oxygens (including phenoxy) is 5. The number of halogens is 4. The average molecular weight is 1210 g/mol. The summed E-state index contributed by atoms with van der Waals surface area (Å²) in [4.78, 5) is 47.6. The molecule has 0 spiro atoms. The number of hydrogen-bond acceptors (Lipinski definition) is 11. The fraction of sp³-hybridized carbons (Fsp3) is 0.156. The van der Waals surface area contributed by atoms with E-state index >= 15 is 0 Å². The highest BCUT2D eigenvalue weighted by atomic mass is 35.5.